The third-order valence-corrected chi connectivity index (χ3v) is 3.94. The Bertz CT molecular complexity index is 672. The molecule has 1 aromatic carbocycles. The van der Waals surface area contributed by atoms with E-state index in [2.05, 4.69) is 5.10 Å². The largest absolute Gasteiger partial charge is 0.445 e. The zero-order valence-electron chi connectivity index (χ0n) is 13.4. The molecule has 7 heteroatoms. The van der Waals surface area contributed by atoms with E-state index in [0.717, 1.165) is 5.56 Å². The number of carbonyl (C=O) groups excluding carboxylic acids is 2. The molecule has 7 nitrogen and oxygen atoms in total. The Balaban J connectivity index is 1.44. The molecule has 0 radical (unpaired) electrons. The minimum Gasteiger partial charge on any atom is -0.445 e. The minimum atomic E-state index is -0.445. The average Bonchev–Trinajstić information content (AvgIpc) is 3.13. The highest BCUT2D eigenvalue weighted by atomic mass is 16.6. The van der Waals surface area contributed by atoms with Crippen LogP contribution in [0.15, 0.2) is 48.8 Å². The maximum Gasteiger partial charge on any atom is 0.410 e. The third kappa shape index (κ3) is 4.13. The number of amides is 2. The molecule has 3 rings (SSSR count). The molecule has 0 bridgehead atoms. The highest BCUT2D eigenvalue weighted by Gasteiger charge is 2.27. The number of ether oxygens (including phenoxy) is 1. The van der Waals surface area contributed by atoms with Gasteiger partial charge in [0.25, 0.3) is 0 Å². The summed E-state index contributed by atoms with van der Waals surface area (Å²) in [5.74, 6) is -0.0648. The molecular weight excluding hydrogens is 308 g/mol. The Morgan fingerprint density at radius 3 is 2.67 bits per heavy atom. The van der Waals surface area contributed by atoms with Crippen LogP contribution in [-0.2, 0) is 22.7 Å². The van der Waals surface area contributed by atoms with Gasteiger partial charge in [-0.15, -0.1) is 0 Å². The van der Waals surface area contributed by atoms with Gasteiger partial charge >= 0.3 is 6.09 Å². The highest BCUT2D eigenvalue weighted by Crippen LogP contribution is 2.08. The van der Waals surface area contributed by atoms with E-state index >= 15 is 0 Å². The van der Waals surface area contributed by atoms with Gasteiger partial charge < -0.3 is 9.64 Å². The molecular formula is C17H20N4O3. The molecule has 0 unspecified atom stereocenters. The monoisotopic (exact) mass is 328 g/mol. The molecule has 2 heterocycles. The lowest BCUT2D eigenvalue weighted by atomic mass is 10.2. The summed E-state index contributed by atoms with van der Waals surface area (Å²) in [6.07, 6.45) is 3.13. The van der Waals surface area contributed by atoms with Crippen molar-refractivity contribution in [3.63, 3.8) is 0 Å². The van der Waals surface area contributed by atoms with Crippen LogP contribution in [0.4, 0.5) is 4.79 Å². The number of hydrogen-bond acceptors (Lipinski definition) is 4. The van der Waals surface area contributed by atoms with Gasteiger partial charge in [-0.3, -0.25) is 14.4 Å². The fraction of sp³-hybridized carbons (Fsp3) is 0.353. The van der Waals surface area contributed by atoms with Crippen molar-refractivity contribution in [1.82, 2.24) is 19.6 Å². The summed E-state index contributed by atoms with van der Waals surface area (Å²) in [6, 6.07) is 11.3. The van der Waals surface area contributed by atoms with Crippen LogP contribution >= 0.6 is 0 Å². The molecule has 2 amide bonds. The van der Waals surface area contributed by atoms with Gasteiger partial charge in [0.1, 0.15) is 13.2 Å². The molecule has 1 aromatic heterocycles. The number of carbonyl (C=O) groups is 2. The van der Waals surface area contributed by atoms with Crippen molar-refractivity contribution >= 4 is 12.0 Å². The number of nitrogens with zero attached hydrogens (tertiary/aromatic N) is 4. The van der Waals surface area contributed by atoms with Crippen LogP contribution < -0.4 is 0 Å². The minimum absolute atomic E-state index is 0.0622. The molecule has 2 aromatic rings. The van der Waals surface area contributed by atoms with Crippen molar-refractivity contribution in [2.75, 3.05) is 26.2 Å². The molecule has 0 spiro atoms. The molecule has 1 saturated heterocycles. The average molecular weight is 328 g/mol. The second-order valence-corrected chi connectivity index (χ2v) is 5.61. The standard InChI is InChI=1S/C17H20N4O3/c22-16-13-20(17(23)24-14-15-5-2-1-3-6-15)10-9-19(16)11-12-21-8-4-7-18-21/h1-8H,9-14H2. The van der Waals surface area contributed by atoms with E-state index in [1.165, 1.54) is 4.90 Å². The maximum atomic E-state index is 12.2. The molecule has 1 aliphatic heterocycles. The molecule has 1 fully saturated rings. The first-order valence-electron chi connectivity index (χ1n) is 7.93. The van der Waals surface area contributed by atoms with E-state index in [0.29, 0.717) is 26.2 Å². The summed E-state index contributed by atoms with van der Waals surface area (Å²) in [6.45, 7) is 2.52. The number of aromatic nitrogens is 2. The van der Waals surface area contributed by atoms with E-state index in [1.807, 2.05) is 42.6 Å². The fourth-order valence-corrected chi connectivity index (χ4v) is 2.57. The van der Waals surface area contributed by atoms with Gasteiger partial charge in [-0.05, 0) is 11.6 Å². The van der Waals surface area contributed by atoms with Gasteiger partial charge in [0.05, 0.1) is 6.54 Å². The normalized spacial score (nSPS) is 14.8. The lowest BCUT2D eigenvalue weighted by Crippen LogP contribution is -2.52. The van der Waals surface area contributed by atoms with Crippen LogP contribution in [-0.4, -0.2) is 57.8 Å². The zero-order chi connectivity index (χ0) is 16.8. The smallest absolute Gasteiger partial charge is 0.410 e. The van der Waals surface area contributed by atoms with Crippen molar-refractivity contribution < 1.29 is 14.3 Å². The Kier molecular flexibility index (Phi) is 5.10. The second kappa shape index (κ2) is 7.63. The summed E-state index contributed by atoms with van der Waals surface area (Å²) >= 11 is 0. The van der Waals surface area contributed by atoms with Crippen molar-refractivity contribution in [2.45, 2.75) is 13.2 Å². The molecule has 0 N–H and O–H groups in total. The summed E-state index contributed by atoms with van der Waals surface area (Å²) < 4.78 is 7.06. The van der Waals surface area contributed by atoms with Crippen molar-refractivity contribution in [1.29, 1.82) is 0 Å². The third-order valence-electron chi connectivity index (χ3n) is 3.94. The first kappa shape index (κ1) is 16.0. The predicted octanol–water partition coefficient (Wildman–Crippen LogP) is 1.36. The summed E-state index contributed by atoms with van der Waals surface area (Å²) in [4.78, 5) is 27.5. The Hall–Kier alpha value is -2.83. The number of piperazine rings is 1. The van der Waals surface area contributed by atoms with Crippen molar-refractivity contribution in [3.05, 3.63) is 54.4 Å². The van der Waals surface area contributed by atoms with Gasteiger partial charge in [-0.1, -0.05) is 30.3 Å². The molecule has 0 atom stereocenters. The quantitative estimate of drug-likeness (QED) is 0.831. The van der Waals surface area contributed by atoms with E-state index in [1.54, 1.807) is 15.8 Å². The molecule has 126 valence electrons. The molecule has 0 aliphatic carbocycles. The Morgan fingerprint density at radius 1 is 1.12 bits per heavy atom. The van der Waals surface area contributed by atoms with E-state index in [4.69, 9.17) is 4.74 Å². The Morgan fingerprint density at radius 2 is 1.96 bits per heavy atom. The topological polar surface area (TPSA) is 67.7 Å². The molecule has 0 saturated carbocycles. The Labute approximate surface area is 140 Å². The van der Waals surface area contributed by atoms with Crippen molar-refractivity contribution in [2.24, 2.45) is 0 Å². The van der Waals surface area contributed by atoms with E-state index in [9.17, 15) is 9.59 Å². The van der Waals surface area contributed by atoms with Crippen LogP contribution in [0.3, 0.4) is 0 Å². The van der Waals surface area contributed by atoms with E-state index < -0.39 is 6.09 Å². The van der Waals surface area contributed by atoms with Gasteiger partial charge in [-0.25, -0.2) is 4.79 Å². The number of hydrogen-bond donors (Lipinski definition) is 0. The first-order valence-corrected chi connectivity index (χ1v) is 7.93. The number of rotatable bonds is 5. The van der Waals surface area contributed by atoms with E-state index in [-0.39, 0.29) is 19.1 Å². The fourth-order valence-electron chi connectivity index (χ4n) is 2.57. The second-order valence-electron chi connectivity index (χ2n) is 5.61. The molecule has 24 heavy (non-hydrogen) atoms. The highest BCUT2D eigenvalue weighted by molar-refractivity contribution is 5.83. The lowest BCUT2D eigenvalue weighted by molar-refractivity contribution is -0.135. The lowest BCUT2D eigenvalue weighted by Gasteiger charge is -2.33. The summed E-state index contributed by atoms with van der Waals surface area (Å²) in [7, 11) is 0. The summed E-state index contributed by atoms with van der Waals surface area (Å²) in [5, 5.41) is 4.12. The SMILES string of the molecule is O=C1CN(C(=O)OCc2ccccc2)CCN1CCn1cccn1. The zero-order valence-corrected chi connectivity index (χ0v) is 13.4. The van der Waals surface area contributed by atoms with Crippen LogP contribution in [0.1, 0.15) is 5.56 Å². The van der Waals surface area contributed by atoms with Gasteiger partial charge in [-0.2, -0.15) is 5.10 Å². The van der Waals surface area contributed by atoms with Gasteiger partial charge in [0, 0.05) is 32.0 Å². The predicted molar refractivity (Wildman–Crippen MR) is 87.0 cm³/mol. The van der Waals surface area contributed by atoms with Crippen molar-refractivity contribution in [3.8, 4) is 0 Å². The van der Waals surface area contributed by atoms with Gasteiger partial charge in [0.15, 0.2) is 0 Å². The van der Waals surface area contributed by atoms with Crippen LogP contribution in [0.25, 0.3) is 0 Å². The molecule has 1 aliphatic rings. The number of benzene rings is 1. The summed E-state index contributed by atoms with van der Waals surface area (Å²) in [5.41, 5.74) is 0.926. The first-order chi connectivity index (χ1) is 11.7. The van der Waals surface area contributed by atoms with Crippen LogP contribution in [0.5, 0.6) is 0 Å². The van der Waals surface area contributed by atoms with Crippen LogP contribution in [0.2, 0.25) is 0 Å². The maximum absolute atomic E-state index is 12.2. The van der Waals surface area contributed by atoms with Gasteiger partial charge in [0.2, 0.25) is 5.91 Å². The van der Waals surface area contributed by atoms with Crippen LogP contribution in [0, 0.1) is 0 Å².